The highest BCUT2D eigenvalue weighted by Gasteiger charge is 2.16. The number of anilines is 1. The number of fused-ring (bicyclic) bond motifs is 1. The lowest BCUT2D eigenvalue weighted by Crippen LogP contribution is -2.34. The Morgan fingerprint density at radius 1 is 1.45 bits per heavy atom. The number of hydrogen-bond acceptors (Lipinski definition) is 7. The molecule has 1 fully saturated rings. The summed E-state index contributed by atoms with van der Waals surface area (Å²) in [6, 6.07) is 4.62. The molecule has 1 atom stereocenters. The third kappa shape index (κ3) is 2.70. The van der Waals surface area contributed by atoms with Crippen LogP contribution in [0.5, 0.6) is 0 Å². The molecule has 0 amide bonds. The number of benzene rings is 1. The summed E-state index contributed by atoms with van der Waals surface area (Å²) in [6.45, 7) is 2.22. The minimum Gasteiger partial charge on any atom is -0.423 e. The van der Waals surface area contributed by atoms with Gasteiger partial charge in [0.15, 0.2) is 5.58 Å². The fourth-order valence-corrected chi connectivity index (χ4v) is 1.96. The number of nitrogens with one attached hydrogen (secondary N) is 1. The van der Waals surface area contributed by atoms with Gasteiger partial charge < -0.3 is 19.2 Å². The predicted octanol–water partition coefficient (Wildman–Crippen LogP) is 1.56. The molecule has 8 nitrogen and oxygen atoms in total. The summed E-state index contributed by atoms with van der Waals surface area (Å²) in [5.41, 5.74) is 0.922. The molecule has 0 spiro atoms. The van der Waals surface area contributed by atoms with Crippen molar-refractivity contribution in [2.24, 2.45) is 0 Å². The number of oxazole rings is 1. The van der Waals surface area contributed by atoms with E-state index in [1.165, 1.54) is 12.1 Å². The van der Waals surface area contributed by atoms with Crippen LogP contribution in [0.1, 0.15) is 0 Å². The number of nitro groups is 1. The lowest BCUT2D eigenvalue weighted by atomic mass is 10.3. The van der Waals surface area contributed by atoms with Crippen molar-refractivity contribution < 1.29 is 18.8 Å². The molecule has 0 radical (unpaired) electrons. The molecule has 106 valence electrons. The van der Waals surface area contributed by atoms with Gasteiger partial charge in [0.05, 0.1) is 36.9 Å². The van der Waals surface area contributed by atoms with Gasteiger partial charge in [-0.1, -0.05) is 0 Å². The molecule has 20 heavy (non-hydrogen) atoms. The van der Waals surface area contributed by atoms with Gasteiger partial charge >= 0.3 is 0 Å². The number of non-ortho nitro benzene ring substituents is 1. The van der Waals surface area contributed by atoms with E-state index >= 15 is 0 Å². The molecule has 1 unspecified atom stereocenters. The molecule has 0 bridgehead atoms. The van der Waals surface area contributed by atoms with Crippen molar-refractivity contribution >= 4 is 22.8 Å². The first-order chi connectivity index (χ1) is 9.72. The van der Waals surface area contributed by atoms with Crippen LogP contribution < -0.4 is 5.32 Å². The smallest absolute Gasteiger partial charge is 0.295 e. The average Bonchev–Trinajstić information content (AvgIpc) is 2.88. The highest BCUT2D eigenvalue weighted by molar-refractivity contribution is 5.77. The van der Waals surface area contributed by atoms with Gasteiger partial charge in [-0.05, 0) is 6.07 Å². The quantitative estimate of drug-likeness (QED) is 0.669. The Morgan fingerprint density at radius 3 is 3.10 bits per heavy atom. The van der Waals surface area contributed by atoms with Gasteiger partial charge in [0.2, 0.25) is 0 Å². The fraction of sp³-hybridized carbons (Fsp3) is 0.417. The van der Waals surface area contributed by atoms with Crippen LogP contribution in [-0.4, -0.2) is 42.4 Å². The highest BCUT2D eigenvalue weighted by atomic mass is 16.6. The maximum Gasteiger partial charge on any atom is 0.295 e. The molecular formula is C12H13N3O5. The second-order valence-corrected chi connectivity index (χ2v) is 4.38. The van der Waals surface area contributed by atoms with Crippen LogP contribution in [0.4, 0.5) is 11.7 Å². The van der Waals surface area contributed by atoms with Crippen LogP contribution in [-0.2, 0) is 9.47 Å². The zero-order chi connectivity index (χ0) is 13.9. The van der Waals surface area contributed by atoms with Crippen LogP contribution in [0.25, 0.3) is 11.1 Å². The summed E-state index contributed by atoms with van der Waals surface area (Å²) >= 11 is 0. The van der Waals surface area contributed by atoms with Gasteiger partial charge in [-0.15, -0.1) is 0 Å². The minimum atomic E-state index is -0.470. The Morgan fingerprint density at radius 2 is 2.35 bits per heavy atom. The Balaban J connectivity index is 1.70. The molecule has 1 aliphatic rings. The summed E-state index contributed by atoms with van der Waals surface area (Å²) in [7, 11) is 0. The maximum atomic E-state index is 10.7. The van der Waals surface area contributed by atoms with Gasteiger partial charge in [-0.25, -0.2) is 0 Å². The van der Waals surface area contributed by atoms with Gasteiger partial charge in [-0.3, -0.25) is 10.1 Å². The summed E-state index contributed by atoms with van der Waals surface area (Å²) in [5, 5.41) is 13.7. The van der Waals surface area contributed by atoms with Crippen LogP contribution in [0.3, 0.4) is 0 Å². The van der Waals surface area contributed by atoms with Crippen LogP contribution >= 0.6 is 0 Å². The lowest BCUT2D eigenvalue weighted by Gasteiger charge is -2.22. The molecule has 1 N–H and O–H groups in total. The van der Waals surface area contributed by atoms with Crippen molar-refractivity contribution in [2.45, 2.75) is 6.10 Å². The first-order valence-electron chi connectivity index (χ1n) is 6.20. The van der Waals surface area contributed by atoms with Crippen molar-refractivity contribution in [1.29, 1.82) is 0 Å². The zero-order valence-electron chi connectivity index (χ0n) is 10.6. The van der Waals surface area contributed by atoms with E-state index in [4.69, 9.17) is 13.9 Å². The number of nitrogens with zero attached hydrogens (tertiary/aromatic N) is 2. The Kier molecular flexibility index (Phi) is 3.48. The number of hydrogen-bond donors (Lipinski definition) is 1. The van der Waals surface area contributed by atoms with Crippen molar-refractivity contribution in [3.8, 4) is 0 Å². The van der Waals surface area contributed by atoms with Gasteiger partial charge in [0.25, 0.3) is 11.7 Å². The number of nitro benzene ring substituents is 1. The van der Waals surface area contributed by atoms with Gasteiger partial charge in [-0.2, -0.15) is 4.98 Å². The first kappa shape index (κ1) is 12.8. The second-order valence-electron chi connectivity index (χ2n) is 4.38. The summed E-state index contributed by atoms with van der Waals surface area (Å²) < 4.78 is 16.2. The molecule has 2 aromatic rings. The third-order valence-electron chi connectivity index (χ3n) is 2.95. The average molecular weight is 279 g/mol. The molecule has 1 aliphatic heterocycles. The standard InChI is InChI=1S/C12H13N3O5/c16-15(17)8-1-2-10-11(5-8)20-12(14-10)13-6-9-7-18-3-4-19-9/h1-2,5,9H,3-4,6-7H2,(H,13,14). The summed E-state index contributed by atoms with van der Waals surface area (Å²) in [5.74, 6) is 0. The first-order valence-corrected chi connectivity index (χ1v) is 6.20. The van der Waals surface area contributed by atoms with Crippen molar-refractivity contribution in [3.05, 3.63) is 28.3 Å². The topological polar surface area (TPSA) is 99.7 Å². The molecule has 3 rings (SSSR count). The second kappa shape index (κ2) is 5.43. The third-order valence-corrected chi connectivity index (χ3v) is 2.95. The predicted molar refractivity (Wildman–Crippen MR) is 69.7 cm³/mol. The zero-order valence-corrected chi connectivity index (χ0v) is 10.6. The van der Waals surface area contributed by atoms with E-state index in [-0.39, 0.29) is 11.8 Å². The minimum absolute atomic E-state index is 0.0239. The number of aromatic nitrogens is 1. The normalized spacial score (nSPS) is 19.1. The molecule has 0 aliphatic carbocycles. The van der Waals surface area contributed by atoms with Crippen LogP contribution in [0.15, 0.2) is 22.6 Å². The Bertz CT molecular complexity index is 621. The van der Waals surface area contributed by atoms with E-state index in [9.17, 15) is 10.1 Å². The monoisotopic (exact) mass is 279 g/mol. The van der Waals surface area contributed by atoms with E-state index in [1.807, 2.05) is 0 Å². The van der Waals surface area contributed by atoms with E-state index < -0.39 is 4.92 Å². The lowest BCUT2D eigenvalue weighted by molar-refractivity contribution is -0.384. The van der Waals surface area contributed by atoms with E-state index in [0.29, 0.717) is 43.5 Å². The van der Waals surface area contributed by atoms with E-state index in [2.05, 4.69) is 10.3 Å². The summed E-state index contributed by atoms with van der Waals surface area (Å²) in [4.78, 5) is 14.4. The molecule has 8 heteroatoms. The maximum absolute atomic E-state index is 10.7. The summed E-state index contributed by atoms with van der Waals surface area (Å²) in [6.07, 6.45) is -0.0481. The SMILES string of the molecule is O=[N+]([O-])c1ccc2nc(NCC3COCCO3)oc2c1. The van der Waals surface area contributed by atoms with Gasteiger partial charge in [0.1, 0.15) is 5.52 Å². The van der Waals surface area contributed by atoms with Crippen molar-refractivity contribution in [3.63, 3.8) is 0 Å². The molecule has 1 aromatic carbocycles. The van der Waals surface area contributed by atoms with Crippen molar-refractivity contribution in [2.75, 3.05) is 31.7 Å². The Labute approximate surface area is 113 Å². The highest BCUT2D eigenvalue weighted by Crippen LogP contribution is 2.23. The van der Waals surface area contributed by atoms with E-state index in [1.54, 1.807) is 6.07 Å². The molecule has 1 saturated heterocycles. The number of rotatable bonds is 4. The number of ether oxygens (including phenoxy) is 2. The Hall–Kier alpha value is -2.19. The molecular weight excluding hydrogens is 266 g/mol. The van der Waals surface area contributed by atoms with E-state index in [0.717, 1.165) is 0 Å². The largest absolute Gasteiger partial charge is 0.423 e. The fourth-order valence-electron chi connectivity index (χ4n) is 1.96. The van der Waals surface area contributed by atoms with Crippen molar-refractivity contribution in [1.82, 2.24) is 4.98 Å². The molecule has 2 heterocycles. The van der Waals surface area contributed by atoms with Crippen LogP contribution in [0, 0.1) is 10.1 Å². The molecule has 1 aromatic heterocycles. The molecule has 0 saturated carbocycles. The van der Waals surface area contributed by atoms with Crippen LogP contribution in [0.2, 0.25) is 0 Å². The van der Waals surface area contributed by atoms with Gasteiger partial charge in [0, 0.05) is 12.6 Å².